The molecule has 0 aliphatic carbocycles. The monoisotopic (exact) mass is 441 g/mol. The summed E-state index contributed by atoms with van der Waals surface area (Å²) in [4.78, 5) is 14.3. The van der Waals surface area contributed by atoms with Crippen LogP contribution in [0.4, 0.5) is 23.7 Å². The lowest BCUT2D eigenvalue weighted by Crippen LogP contribution is -2.43. The molecule has 162 valence electrons. The van der Waals surface area contributed by atoms with Gasteiger partial charge < -0.3 is 5.32 Å². The van der Waals surface area contributed by atoms with E-state index < -0.39 is 27.8 Å². The van der Waals surface area contributed by atoms with Gasteiger partial charge in [-0.05, 0) is 48.7 Å². The van der Waals surface area contributed by atoms with Crippen LogP contribution in [0.15, 0.2) is 47.4 Å². The minimum absolute atomic E-state index is 0.0658. The van der Waals surface area contributed by atoms with Crippen molar-refractivity contribution in [3.63, 3.8) is 0 Å². The fraction of sp³-hybridized carbons (Fsp3) is 0.350. The highest BCUT2D eigenvalue weighted by molar-refractivity contribution is 7.89. The normalized spacial score (nSPS) is 16.6. The number of fused-ring (bicyclic) bond motifs is 1. The Morgan fingerprint density at radius 2 is 1.90 bits per heavy atom. The van der Waals surface area contributed by atoms with E-state index in [0.29, 0.717) is 17.7 Å². The summed E-state index contributed by atoms with van der Waals surface area (Å²) in [5.74, 6) is 0. The van der Waals surface area contributed by atoms with Gasteiger partial charge in [0.25, 0.3) is 0 Å². The summed E-state index contributed by atoms with van der Waals surface area (Å²) < 4.78 is 64.6. The van der Waals surface area contributed by atoms with Crippen molar-refractivity contribution < 1.29 is 26.4 Å². The van der Waals surface area contributed by atoms with Crippen molar-refractivity contribution in [2.45, 2.75) is 37.0 Å². The molecule has 0 fully saturated rings. The molecule has 0 radical (unpaired) electrons. The molecule has 2 aromatic rings. The Morgan fingerprint density at radius 3 is 2.53 bits per heavy atom. The van der Waals surface area contributed by atoms with Gasteiger partial charge in [0.2, 0.25) is 10.0 Å². The van der Waals surface area contributed by atoms with E-state index in [4.69, 9.17) is 0 Å². The average molecular weight is 441 g/mol. The molecule has 0 aromatic heterocycles. The van der Waals surface area contributed by atoms with Crippen LogP contribution < -0.4 is 10.2 Å². The fourth-order valence-electron chi connectivity index (χ4n) is 3.39. The Kier molecular flexibility index (Phi) is 5.83. The van der Waals surface area contributed by atoms with Crippen molar-refractivity contribution in [2.24, 2.45) is 0 Å². The maximum atomic E-state index is 12.9. The summed E-state index contributed by atoms with van der Waals surface area (Å²) in [7, 11) is -0.828. The van der Waals surface area contributed by atoms with Crippen LogP contribution in [0.3, 0.4) is 0 Å². The molecule has 0 bridgehead atoms. The number of hydrogen-bond acceptors (Lipinski definition) is 3. The second kappa shape index (κ2) is 7.92. The molecular formula is C20H22F3N3O3S. The Morgan fingerprint density at radius 1 is 1.20 bits per heavy atom. The molecule has 0 spiro atoms. The first-order valence-corrected chi connectivity index (χ1v) is 10.6. The van der Waals surface area contributed by atoms with Gasteiger partial charge in [-0.1, -0.05) is 18.2 Å². The number of nitrogens with zero attached hydrogens (tertiary/aromatic N) is 2. The standard InChI is InChI=1S/C20H22F3N3O3S/c1-13-9-15-7-8-17(30(28,29)25(2)3)11-18(15)26(13)19(27)24-12-14-5-4-6-16(10-14)20(21,22)23/h4-8,10-11,13H,9,12H2,1-3H3,(H,24,27). The van der Waals surface area contributed by atoms with Gasteiger partial charge in [-0.25, -0.2) is 17.5 Å². The zero-order valence-electron chi connectivity index (χ0n) is 16.7. The van der Waals surface area contributed by atoms with Crippen molar-refractivity contribution in [1.29, 1.82) is 0 Å². The minimum atomic E-state index is -4.46. The fourth-order valence-corrected chi connectivity index (χ4v) is 4.31. The zero-order valence-corrected chi connectivity index (χ0v) is 17.5. The zero-order chi connectivity index (χ0) is 22.3. The predicted molar refractivity (Wildman–Crippen MR) is 107 cm³/mol. The third-order valence-corrected chi connectivity index (χ3v) is 6.78. The maximum Gasteiger partial charge on any atom is 0.416 e. The molecule has 1 heterocycles. The number of urea groups is 1. The lowest BCUT2D eigenvalue weighted by Gasteiger charge is -2.24. The molecule has 30 heavy (non-hydrogen) atoms. The van der Waals surface area contributed by atoms with Crippen molar-refractivity contribution in [3.05, 3.63) is 59.2 Å². The average Bonchev–Trinajstić information content (AvgIpc) is 3.00. The Labute approximate surface area is 173 Å². The predicted octanol–water partition coefficient (Wildman–Crippen LogP) is 3.62. The van der Waals surface area contributed by atoms with Gasteiger partial charge in [0.1, 0.15) is 0 Å². The van der Waals surface area contributed by atoms with Crippen LogP contribution in [0.25, 0.3) is 0 Å². The van der Waals surface area contributed by atoms with Gasteiger partial charge in [-0.2, -0.15) is 13.2 Å². The maximum absolute atomic E-state index is 12.9. The summed E-state index contributed by atoms with van der Waals surface area (Å²) >= 11 is 0. The van der Waals surface area contributed by atoms with Crippen molar-refractivity contribution in [3.8, 4) is 0 Å². The van der Waals surface area contributed by atoms with Crippen LogP contribution in [-0.4, -0.2) is 38.9 Å². The van der Waals surface area contributed by atoms with Gasteiger partial charge in [0.05, 0.1) is 16.1 Å². The molecule has 1 unspecified atom stereocenters. The van der Waals surface area contributed by atoms with E-state index >= 15 is 0 Å². The number of carbonyl (C=O) groups is 1. The smallest absolute Gasteiger partial charge is 0.334 e. The topological polar surface area (TPSA) is 69.7 Å². The van der Waals surface area contributed by atoms with E-state index in [1.54, 1.807) is 6.07 Å². The highest BCUT2D eigenvalue weighted by atomic mass is 32.2. The SMILES string of the molecule is CC1Cc2ccc(S(=O)(=O)N(C)C)cc2N1C(=O)NCc1cccc(C(F)(F)F)c1. The summed E-state index contributed by atoms with van der Waals surface area (Å²) in [6, 6.07) is 8.66. The third kappa shape index (κ3) is 4.29. The number of amides is 2. The molecular weight excluding hydrogens is 419 g/mol. The van der Waals surface area contributed by atoms with Crippen LogP contribution >= 0.6 is 0 Å². The highest BCUT2D eigenvalue weighted by Gasteiger charge is 2.33. The lowest BCUT2D eigenvalue weighted by atomic mass is 10.1. The summed E-state index contributed by atoms with van der Waals surface area (Å²) in [6.07, 6.45) is -3.91. The molecule has 0 saturated heterocycles. The number of carbonyl (C=O) groups excluding carboxylic acids is 1. The van der Waals surface area contributed by atoms with Crippen LogP contribution in [-0.2, 0) is 29.2 Å². The highest BCUT2D eigenvalue weighted by Crippen LogP contribution is 2.35. The number of sulfonamides is 1. The minimum Gasteiger partial charge on any atom is -0.334 e. The molecule has 1 atom stereocenters. The first kappa shape index (κ1) is 22.1. The van der Waals surface area contributed by atoms with E-state index in [-0.39, 0.29) is 17.5 Å². The second-order valence-corrected chi connectivity index (χ2v) is 9.51. The summed E-state index contributed by atoms with van der Waals surface area (Å²) in [6.45, 7) is 1.74. The number of nitrogens with one attached hydrogen (secondary N) is 1. The van der Waals surface area contributed by atoms with E-state index in [1.165, 1.54) is 43.3 Å². The van der Waals surface area contributed by atoms with Gasteiger partial charge in [-0.15, -0.1) is 0 Å². The molecule has 3 rings (SSSR count). The van der Waals surface area contributed by atoms with Crippen LogP contribution in [0.1, 0.15) is 23.6 Å². The van der Waals surface area contributed by atoms with Gasteiger partial charge >= 0.3 is 12.2 Å². The van der Waals surface area contributed by atoms with E-state index in [1.807, 2.05) is 6.92 Å². The van der Waals surface area contributed by atoms with E-state index in [9.17, 15) is 26.4 Å². The molecule has 2 amide bonds. The second-order valence-electron chi connectivity index (χ2n) is 7.36. The van der Waals surface area contributed by atoms with Crippen molar-refractivity contribution >= 4 is 21.7 Å². The molecule has 10 heteroatoms. The Hall–Kier alpha value is -2.59. The van der Waals surface area contributed by atoms with E-state index in [2.05, 4.69) is 5.32 Å². The molecule has 2 aromatic carbocycles. The van der Waals surface area contributed by atoms with Crippen LogP contribution in [0.5, 0.6) is 0 Å². The summed E-state index contributed by atoms with van der Waals surface area (Å²) in [5, 5.41) is 2.63. The van der Waals surface area contributed by atoms with Gasteiger partial charge in [0.15, 0.2) is 0 Å². The molecule has 6 nitrogen and oxygen atoms in total. The first-order chi connectivity index (χ1) is 13.9. The van der Waals surface area contributed by atoms with Crippen LogP contribution in [0.2, 0.25) is 0 Å². The number of anilines is 1. The Bertz CT molecular complexity index is 1070. The number of rotatable bonds is 4. The van der Waals surface area contributed by atoms with Crippen molar-refractivity contribution in [2.75, 3.05) is 19.0 Å². The number of halogens is 3. The molecule has 1 aliphatic heterocycles. The number of alkyl halides is 3. The number of benzene rings is 2. The van der Waals surface area contributed by atoms with Crippen molar-refractivity contribution in [1.82, 2.24) is 9.62 Å². The van der Waals surface area contributed by atoms with Gasteiger partial charge in [0, 0.05) is 26.7 Å². The first-order valence-electron chi connectivity index (χ1n) is 9.20. The van der Waals surface area contributed by atoms with Gasteiger partial charge in [-0.3, -0.25) is 4.90 Å². The molecule has 0 saturated carbocycles. The quantitative estimate of drug-likeness (QED) is 0.788. The third-order valence-electron chi connectivity index (χ3n) is 4.97. The van der Waals surface area contributed by atoms with Crippen LogP contribution in [0, 0.1) is 0 Å². The molecule has 1 aliphatic rings. The van der Waals surface area contributed by atoms with E-state index in [0.717, 1.165) is 22.0 Å². The Balaban J connectivity index is 1.81. The lowest BCUT2D eigenvalue weighted by molar-refractivity contribution is -0.137. The summed E-state index contributed by atoms with van der Waals surface area (Å²) in [5.41, 5.74) is 0.836. The largest absolute Gasteiger partial charge is 0.416 e. The molecule has 1 N–H and O–H groups in total. The number of hydrogen-bond donors (Lipinski definition) is 1.